The van der Waals surface area contributed by atoms with Gasteiger partial charge in [0.05, 0.1) is 18.9 Å². The standard InChI is InChI=1S/C18H22N4O3/c1-12-10-15(17(23)21-14-7-3-4-8-16(14)24-2)22-18(20-12)19-11-13-6-5-9-25-13/h3-4,7-8,10,13H,5-6,9,11H2,1-2H3,(H,21,23)(H,19,20,22). The van der Waals surface area contributed by atoms with Gasteiger partial charge in [-0.15, -0.1) is 0 Å². The second-order valence-electron chi connectivity index (χ2n) is 5.89. The van der Waals surface area contributed by atoms with Crippen LogP contribution in [0.5, 0.6) is 5.75 Å². The number of ether oxygens (including phenoxy) is 2. The van der Waals surface area contributed by atoms with E-state index in [1.807, 2.05) is 19.1 Å². The number of nitrogens with one attached hydrogen (secondary N) is 2. The molecule has 1 aliphatic heterocycles. The van der Waals surface area contributed by atoms with Crippen LogP contribution in [0.1, 0.15) is 29.0 Å². The maximum atomic E-state index is 12.5. The molecule has 1 atom stereocenters. The van der Waals surface area contributed by atoms with Crippen LogP contribution in [0.15, 0.2) is 30.3 Å². The average Bonchev–Trinajstić information content (AvgIpc) is 3.13. The first-order chi connectivity index (χ1) is 12.2. The molecule has 0 aliphatic carbocycles. The highest BCUT2D eigenvalue weighted by atomic mass is 16.5. The number of benzene rings is 1. The molecule has 1 aromatic heterocycles. The van der Waals surface area contributed by atoms with Crippen molar-refractivity contribution in [1.82, 2.24) is 9.97 Å². The highest BCUT2D eigenvalue weighted by Crippen LogP contribution is 2.23. The summed E-state index contributed by atoms with van der Waals surface area (Å²) in [7, 11) is 1.56. The fourth-order valence-electron chi connectivity index (χ4n) is 2.71. The molecule has 132 valence electrons. The van der Waals surface area contributed by atoms with Gasteiger partial charge in [-0.2, -0.15) is 0 Å². The fourth-order valence-corrected chi connectivity index (χ4v) is 2.71. The van der Waals surface area contributed by atoms with E-state index in [0.717, 1.165) is 25.1 Å². The molecular weight excluding hydrogens is 320 g/mol. The number of carbonyl (C=O) groups is 1. The maximum Gasteiger partial charge on any atom is 0.274 e. The maximum absolute atomic E-state index is 12.5. The van der Waals surface area contributed by atoms with Crippen LogP contribution in [0.2, 0.25) is 0 Å². The van der Waals surface area contributed by atoms with Crippen LogP contribution in [0.25, 0.3) is 0 Å². The van der Waals surface area contributed by atoms with Gasteiger partial charge in [0, 0.05) is 18.8 Å². The summed E-state index contributed by atoms with van der Waals surface area (Å²) in [5, 5.41) is 5.98. The van der Waals surface area contributed by atoms with Gasteiger partial charge in [-0.3, -0.25) is 4.79 Å². The minimum absolute atomic E-state index is 0.176. The Morgan fingerprint density at radius 2 is 2.20 bits per heavy atom. The molecule has 1 saturated heterocycles. The summed E-state index contributed by atoms with van der Waals surface area (Å²) in [6.07, 6.45) is 2.28. The first-order valence-corrected chi connectivity index (χ1v) is 8.31. The summed E-state index contributed by atoms with van der Waals surface area (Å²) in [4.78, 5) is 21.2. The molecule has 0 saturated carbocycles. The molecule has 1 aromatic carbocycles. The van der Waals surface area contributed by atoms with Crippen LogP contribution < -0.4 is 15.4 Å². The van der Waals surface area contributed by atoms with Crippen LogP contribution in [-0.2, 0) is 4.74 Å². The molecule has 0 spiro atoms. The highest BCUT2D eigenvalue weighted by molar-refractivity contribution is 6.03. The summed E-state index contributed by atoms with van der Waals surface area (Å²) >= 11 is 0. The van der Waals surface area contributed by atoms with Gasteiger partial charge in [0.25, 0.3) is 5.91 Å². The number of anilines is 2. The normalized spacial score (nSPS) is 16.5. The highest BCUT2D eigenvalue weighted by Gasteiger charge is 2.17. The second kappa shape index (κ2) is 7.94. The van der Waals surface area contributed by atoms with Gasteiger partial charge < -0.3 is 20.1 Å². The van der Waals surface area contributed by atoms with Crippen molar-refractivity contribution in [3.05, 3.63) is 41.7 Å². The molecule has 1 amide bonds. The molecule has 3 rings (SSSR count). The minimum Gasteiger partial charge on any atom is -0.495 e. The number of carbonyl (C=O) groups excluding carboxylic acids is 1. The molecule has 0 bridgehead atoms. The van der Waals surface area contributed by atoms with Gasteiger partial charge in [-0.1, -0.05) is 12.1 Å². The lowest BCUT2D eigenvalue weighted by molar-refractivity contribution is 0.102. The molecule has 7 heteroatoms. The largest absolute Gasteiger partial charge is 0.495 e. The fraction of sp³-hybridized carbons (Fsp3) is 0.389. The van der Waals surface area contributed by atoms with E-state index in [1.54, 1.807) is 25.3 Å². The lowest BCUT2D eigenvalue weighted by atomic mass is 10.2. The molecule has 25 heavy (non-hydrogen) atoms. The van der Waals surface area contributed by atoms with E-state index in [-0.39, 0.29) is 12.0 Å². The van der Waals surface area contributed by atoms with Crippen molar-refractivity contribution in [1.29, 1.82) is 0 Å². The molecule has 2 heterocycles. The Morgan fingerprint density at radius 3 is 2.96 bits per heavy atom. The number of nitrogens with zero attached hydrogens (tertiary/aromatic N) is 2. The monoisotopic (exact) mass is 342 g/mol. The van der Waals surface area contributed by atoms with Crippen LogP contribution >= 0.6 is 0 Å². The zero-order valence-electron chi connectivity index (χ0n) is 14.4. The Bertz CT molecular complexity index is 745. The zero-order chi connectivity index (χ0) is 17.6. The van der Waals surface area contributed by atoms with Crippen molar-refractivity contribution in [2.45, 2.75) is 25.9 Å². The lowest BCUT2D eigenvalue weighted by Crippen LogP contribution is -2.21. The smallest absolute Gasteiger partial charge is 0.274 e. The van der Waals surface area contributed by atoms with Crippen molar-refractivity contribution < 1.29 is 14.3 Å². The summed E-state index contributed by atoms with van der Waals surface area (Å²) in [5.41, 5.74) is 1.61. The quantitative estimate of drug-likeness (QED) is 0.839. The minimum atomic E-state index is -0.310. The number of rotatable bonds is 6. The molecule has 7 nitrogen and oxygen atoms in total. The Morgan fingerprint density at radius 1 is 1.36 bits per heavy atom. The molecule has 2 N–H and O–H groups in total. The third kappa shape index (κ3) is 4.45. The third-order valence-corrected chi connectivity index (χ3v) is 3.95. The second-order valence-corrected chi connectivity index (χ2v) is 5.89. The predicted octanol–water partition coefficient (Wildman–Crippen LogP) is 2.64. The Kier molecular flexibility index (Phi) is 5.45. The number of aromatic nitrogens is 2. The van der Waals surface area contributed by atoms with Gasteiger partial charge in [-0.25, -0.2) is 9.97 Å². The van der Waals surface area contributed by atoms with Crippen molar-refractivity contribution in [3.63, 3.8) is 0 Å². The zero-order valence-corrected chi connectivity index (χ0v) is 14.4. The van der Waals surface area contributed by atoms with Crippen LogP contribution in [0.3, 0.4) is 0 Å². The van der Waals surface area contributed by atoms with Gasteiger partial charge in [0.1, 0.15) is 11.4 Å². The van der Waals surface area contributed by atoms with E-state index in [1.165, 1.54) is 0 Å². The first-order valence-electron chi connectivity index (χ1n) is 8.31. The third-order valence-electron chi connectivity index (χ3n) is 3.95. The number of aryl methyl sites for hydroxylation is 1. The van der Waals surface area contributed by atoms with E-state index < -0.39 is 0 Å². The Labute approximate surface area is 146 Å². The van der Waals surface area contributed by atoms with Crippen LogP contribution in [0.4, 0.5) is 11.6 Å². The summed E-state index contributed by atoms with van der Waals surface area (Å²) in [6, 6.07) is 8.90. The average molecular weight is 342 g/mol. The molecular formula is C18H22N4O3. The van der Waals surface area contributed by atoms with Gasteiger partial charge >= 0.3 is 0 Å². The van der Waals surface area contributed by atoms with Crippen molar-refractivity contribution >= 4 is 17.5 Å². The van der Waals surface area contributed by atoms with E-state index in [0.29, 0.717) is 29.6 Å². The van der Waals surface area contributed by atoms with E-state index >= 15 is 0 Å². The molecule has 1 unspecified atom stereocenters. The number of hydrogen-bond donors (Lipinski definition) is 2. The first kappa shape index (κ1) is 17.2. The molecule has 2 aromatic rings. The van der Waals surface area contributed by atoms with Crippen molar-refractivity contribution in [3.8, 4) is 5.75 Å². The molecule has 1 aliphatic rings. The number of methoxy groups -OCH3 is 1. The predicted molar refractivity (Wildman–Crippen MR) is 95.2 cm³/mol. The number of hydrogen-bond acceptors (Lipinski definition) is 6. The summed E-state index contributed by atoms with van der Waals surface area (Å²) in [5.74, 6) is 0.717. The van der Waals surface area contributed by atoms with Gasteiger partial charge in [-0.05, 0) is 38.0 Å². The van der Waals surface area contributed by atoms with Crippen molar-refractivity contribution in [2.75, 3.05) is 30.9 Å². The van der Waals surface area contributed by atoms with Gasteiger partial charge in [0.15, 0.2) is 0 Å². The Balaban J connectivity index is 1.71. The summed E-state index contributed by atoms with van der Waals surface area (Å²) in [6.45, 7) is 3.27. The molecule has 0 radical (unpaired) electrons. The van der Waals surface area contributed by atoms with Crippen molar-refractivity contribution in [2.24, 2.45) is 0 Å². The SMILES string of the molecule is COc1ccccc1NC(=O)c1cc(C)nc(NCC2CCCO2)n1. The number of para-hydroxylation sites is 2. The van der Waals surface area contributed by atoms with Crippen LogP contribution in [0, 0.1) is 6.92 Å². The Hall–Kier alpha value is -2.67. The van der Waals surface area contributed by atoms with Gasteiger partial charge in [0.2, 0.25) is 5.95 Å². The molecule has 1 fully saturated rings. The lowest BCUT2D eigenvalue weighted by Gasteiger charge is -2.13. The van der Waals surface area contributed by atoms with E-state index in [2.05, 4.69) is 20.6 Å². The van der Waals surface area contributed by atoms with E-state index in [9.17, 15) is 4.79 Å². The summed E-state index contributed by atoms with van der Waals surface area (Å²) < 4.78 is 10.8. The topological polar surface area (TPSA) is 85.4 Å². The number of amides is 1. The van der Waals surface area contributed by atoms with Crippen LogP contribution in [-0.4, -0.2) is 42.2 Å². The van der Waals surface area contributed by atoms with E-state index in [4.69, 9.17) is 9.47 Å².